The molecule has 0 atom stereocenters. The van der Waals surface area contributed by atoms with Gasteiger partial charge in [0, 0.05) is 12.1 Å². The van der Waals surface area contributed by atoms with Gasteiger partial charge in [0.05, 0.1) is 0 Å². The quantitative estimate of drug-likeness (QED) is 0.535. The van der Waals surface area contributed by atoms with Crippen LogP contribution in [-0.2, 0) is 0 Å². The van der Waals surface area contributed by atoms with Crippen molar-refractivity contribution in [3.05, 3.63) is 0 Å². The summed E-state index contributed by atoms with van der Waals surface area (Å²) >= 11 is 0. The van der Waals surface area contributed by atoms with E-state index in [1.165, 1.54) is 96.6 Å². The first-order chi connectivity index (χ1) is 11.3. The zero-order valence-corrected chi connectivity index (χ0v) is 15.9. The van der Waals surface area contributed by atoms with Crippen LogP contribution in [0.5, 0.6) is 0 Å². The molecule has 0 aromatic heterocycles. The number of unbranched alkanes of at least 4 members (excludes halogenated alkanes) is 2. The predicted octanol–water partition coefficient (Wildman–Crippen LogP) is 5.27. The Kier molecular flexibility index (Phi) is 9.60. The van der Waals surface area contributed by atoms with Crippen molar-refractivity contribution in [3.8, 4) is 0 Å². The third-order valence-corrected chi connectivity index (χ3v) is 6.29. The zero-order valence-electron chi connectivity index (χ0n) is 15.9. The van der Waals surface area contributed by atoms with E-state index in [9.17, 15) is 0 Å². The minimum Gasteiger partial charge on any atom is -0.314 e. The van der Waals surface area contributed by atoms with Gasteiger partial charge in [-0.2, -0.15) is 0 Å². The third-order valence-electron chi connectivity index (χ3n) is 6.29. The number of hydrogen-bond donors (Lipinski definition) is 2. The third kappa shape index (κ3) is 7.56. The van der Waals surface area contributed by atoms with Crippen molar-refractivity contribution in [2.24, 2.45) is 11.8 Å². The Morgan fingerprint density at radius 1 is 0.609 bits per heavy atom. The molecule has 2 nitrogen and oxygen atoms in total. The van der Waals surface area contributed by atoms with Crippen molar-refractivity contribution >= 4 is 0 Å². The van der Waals surface area contributed by atoms with Crippen LogP contribution in [0, 0.1) is 11.8 Å². The van der Waals surface area contributed by atoms with Crippen LogP contribution in [-0.4, -0.2) is 25.2 Å². The molecular formula is C21H42N2. The van der Waals surface area contributed by atoms with Gasteiger partial charge in [-0.25, -0.2) is 0 Å². The average Bonchev–Trinajstić information content (AvgIpc) is 2.58. The molecule has 2 N–H and O–H groups in total. The highest BCUT2D eigenvalue weighted by atomic mass is 14.9. The lowest BCUT2D eigenvalue weighted by Crippen LogP contribution is -2.35. The van der Waals surface area contributed by atoms with E-state index in [1.807, 2.05) is 0 Å². The van der Waals surface area contributed by atoms with E-state index in [1.54, 1.807) is 0 Å². The summed E-state index contributed by atoms with van der Waals surface area (Å²) in [4.78, 5) is 0. The Morgan fingerprint density at radius 3 is 1.35 bits per heavy atom. The summed E-state index contributed by atoms with van der Waals surface area (Å²) in [5.74, 6) is 2.07. The van der Waals surface area contributed by atoms with Crippen molar-refractivity contribution in [3.63, 3.8) is 0 Å². The van der Waals surface area contributed by atoms with Gasteiger partial charge >= 0.3 is 0 Å². The highest BCUT2D eigenvalue weighted by Crippen LogP contribution is 2.35. The summed E-state index contributed by atoms with van der Waals surface area (Å²) in [7, 11) is 0. The molecule has 2 heteroatoms. The summed E-state index contributed by atoms with van der Waals surface area (Å²) in [6.07, 6.45) is 18.5. The lowest BCUT2D eigenvalue weighted by molar-refractivity contribution is 0.206. The summed E-state index contributed by atoms with van der Waals surface area (Å²) in [6, 6.07) is 1.66. The smallest absolute Gasteiger partial charge is 0.00672 e. The van der Waals surface area contributed by atoms with Crippen molar-refractivity contribution in [2.75, 3.05) is 13.1 Å². The van der Waals surface area contributed by atoms with Crippen LogP contribution in [0.25, 0.3) is 0 Å². The second kappa shape index (κ2) is 11.5. The van der Waals surface area contributed by atoms with E-state index in [-0.39, 0.29) is 0 Å². The Bertz CT molecular complexity index is 248. The second-order valence-corrected chi connectivity index (χ2v) is 8.29. The second-order valence-electron chi connectivity index (χ2n) is 8.29. The molecule has 2 rings (SSSR count). The summed E-state index contributed by atoms with van der Waals surface area (Å²) in [5.41, 5.74) is 0. The van der Waals surface area contributed by atoms with Crippen LogP contribution in [0.3, 0.4) is 0 Å². The maximum absolute atomic E-state index is 3.77. The summed E-state index contributed by atoms with van der Waals surface area (Å²) < 4.78 is 0. The van der Waals surface area contributed by atoms with Gasteiger partial charge in [-0.15, -0.1) is 0 Å². The summed E-state index contributed by atoms with van der Waals surface area (Å²) in [6.45, 7) is 7.04. The molecule has 2 fully saturated rings. The highest BCUT2D eigenvalue weighted by Gasteiger charge is 2.26. The standard InChI is InChI=1S/C21H42N2/c1-3-5-15-22-20-11-7-18(8-12-20)17-19-9-13-21(14-10-19)23-16-6-4-2/h18-23H,3-17H2,1-2H3. The van der Waals surface area contributed by atoms with Crippen molar-refractivity contribution in [1.82, 2.24) is 10.6 Å². The van der Waals surface area contributed by atoms with E-state index >= 15 is 0 Å². The molecule has 136 valence electrons. The SMILES string of the molecule is CCCCNC1CCC(CC2CCC(NCCCC)CC2)CC1. The molecule has 0 unspecified atom stereocenters. The van der Waals surface area contributed by atoms with Gasteiger partial charge in [-0.3, -0.25) is 0 Å². The molecule has 0 heterocycles. The maximum atomic E-state index is 3.77. The van der Waals surface area contributed by atoms with Gasteiger partial charge in [0.2, 0.25) is 0 Å². The van der Waals surface area contributed by atoms with E-state index < -0.39 is 0 Å². The minimum absolute atomic E-state index is 0.830. The van der Waals surface area contributed by atoms with Gasteiger partial charge in [-0.05, 0) is 95.6 Å². The fourth-order valence-electron chi connectivity index (χ4n) is 4.64. The minimum atomic E-state index is 0.830. The molecular weight excluding hydrogens is 280 g/mol. The molecule has 0 aliphatic heterocycles. The molecule has 2 aliphatic rings. The molecule has 0 spiro atoms. The lowest BCUT2D eigenvalue weighted by Gasteiger charge is -2.34. The number of nitrogens with one attached hydrogen (secondary N) is 2. The van der Waals surface area contributed by atoms with Crippen molar-refractivity contribution in [1.29, 1.82) is 0 Å². The first-order valence-electron chi connectivity index (χ1n) is 10.8. The van der Waals surface area contributed by atoms with Gasteiger partial charge in [-0.1, -0.05) is 26.7 Å². The maximum Gasteiger partial charge on any atom is 0.00672 e. The topological polar surface area (TPSA) is 24.1 Å². The van der Waals surface area contributed by atoms with E-state index in [0.717, 1.165) is 23.9 Å². The highest BCUT2D eigenvalue weighted by molar-refractivity contribution is 4.82. The van der Waals surface area contributed by atoms with Crippen LogP contribution in [0.1, 0.15) is 97.3 Å². The van der Waals surface area contributed by atoms with Crippen LogP contribution in [0.4, 0.5) is 0 Å². The molecule has 0 saturated heterocycles. The molecule has 2 aliphatic carbocycles. The molecule has 23 heavy (non-hydrogen) atoms. The first-order valence-corrected chi connectivity index (χ1v) is 10.8. The molecule has 0 bridgehead atoms. The summed E-state index contributed by atoms with van der Waals surface area (Å²) in [5, 5.41) is 7.54. The molecule has 0 aromatic rings. The Labute approximate surface area is 145 Å². The van der Waals surface area contributed by atoms with Gasteiger partial charge < -0.3 is 10.6 Å². The van der Waals surface area contributed by atoms with Crippen molar-refractivity contribution < 1.29 is 0 Å². The Morgan fingerprint density at radius 2 is 1.00 bits per heavy atom. The largest absolute Gasteiger partial charge is 0.314 e. The van der Waals surface area contributed by atoms with Crippen molar-refractivity contribution in [2.45, 2.75) is 109 Å². The van der Waals surface area contributed by atoms with Crippen LogP contribution in [0.15, 0.2) is 0 Å². The predicted molar refractivity (Wildman–Crippen MR) is 102 cm³/mol. The monoisotopic (exact) mass is 322 g/mol. The van der Waals surface area contributed by atoms with E-state index in [0.29, 0.717) is 0 Å². The number of rotatable bonds is 10. The first kappa shape index (κ1) is 19.2. The van der Waals surface area contributed by atoms with Gasteiger partial charge in [0.1, 0.15) is 0 Å². The molecule has 0 aromatic carbocycles. The molecule has 2 saturated carbocycles. The molecule has 0 radical (unpaired) electrons. The fraction of sp³-hybridized carbons (Fsp3) is 1.00. The van der Waals surface area contributed by atoms with Crippen LogP contribution < -0.4 is 10.6 Å². The zero-order chi connectivity index (χ0) is 16.3. The average molecular weight is 323 g/mol. The van der Waals surface area contributed by atoms with E-state index in [4.69, 9.17) is 0 Å². The fourth-order valence-corrected chi connectivity index (χ4v) is 4.64. The van der Waals surface area contributed by atoms with Gasteiger partial charge in [0.15, 0.2) is 0 Å². The van der Waals surface area contributed by atoms with E-state index in [2.05, 4.69) is 24.5 Å². The van der Waals surface area contributed by atoms with Crippen LogP contribution >= 0.6 is 0 Å². The normalized spacial score (nSPS) is 32.1. The lowest BCUT2D eigenvalue weighted by atomic mass is 9.75. The molecule has 0 amide bonds. The van der Waals surface area contributed by atoms with Gasteiger partial charge in [0.25, 0.3) is 0 Å². The van der Waals surface area contributed by atoms with Crippen LogP contribution in [0.2, 0.25) is 0 Å². The Balaban J connectivity index is 1.53. The Hall–Kier alpha value is -0.0800. The number of hydrogen-bond acceptors (Lipinski definition) is 2.